The third-order valence-corrected chi connectivity index (χ3v) is 4.01. The molecule has 1 aliphatic heterocycles. The highest BCUT2D eigenvalue weighted by Crippen LogP contribution is 2.15. The second-order valence-corrected chi connectivity index (χ2v) is 5.83. The van der Waals surface area contributed by atoms with Crippen molar-refractivity contribution in [1.82, 2.24) is 4.90 Å². The first-order valence-electron chi connectivity index (χ1n) is 6.41. The van der Waals surface area contributed by atoms with Crippen molar-refractivity contribution in [3.05, 3.63) is 27.8 Å². The number of methoxy groups -OCH3 is 1. The van der Waals surface area contributed by atoms with Gasteiger partial charge in [0.2, 0.25) is 0 Å². The molecule has 0 aliphatic carbocycles. The zero-order chi connectivity index (χ0) is 12.8. The van der Waals surface area contributed by atoms with Crippen LogP contribution in [0.4, 0.5) is 0 Å². The average Bonchev–Trinajstić information content (AvgIpc) is 2.40. The molecule has 18 heavy (non-hydrogen) atoms. The molecule has 1 aliphatic rings. The van der Waals surface area contributed by atoms with Crippen molar-refractivity contribution < 1.29 is 9.47 Å². The van der Waals surface area contributed by atoms with E-state index in [1.54, 1.807) is 7.11 Å². The molecule has 1 aromatic carbocycles. The molecule has 0 bridgehead atoms. The Kier molecular flexibility index (Phi) is 5.72. The number of hydrogen-bond donors (Lipinski definition) is 0. The molecule has 2 rings (SSSR count). The maximum Gasteiger partial charge on any atom is 0.120 e. The number of hydrogen-bond acceptors (Lipinski definition) is 3. The summed E-state index contributed by atoms with van der Waals surface area (Å²) in [7, 11) is 1.81. The number of piperidine rings is 1. The summed E-state index contributed by atoms with van der Waals surface area (Å²) in [5.41, 5.74) is 0. The molecule has 4 heteroatoms. The normalized spacial score (nSPS) is 17.9. The van der Waals surface area contributed by atoms with Crippen molar-refractivity contribution in [1.29, 1.82) is 0 Å². The monoisotopic (exact) mass is 361 g/mol. The SMILES string of the molecule is COC1CCN(CCOc2cccc(I)c2)CC1. The topological polar surface area (TPSA) is 21.7 Å². The molecule has 0 unspecified atom stereocenters. The molecular formula is C14H20INO2. The Morgan fingerprint density at radius 3 is 2.78 bits per heavy atom. The van der Waals surface area contributed by atoms with E-state index in [9.17, 15) is 0 Å². The molecule has 1 fully saturated rings. The second kappa shape index (κ2) is 7.31. The molecular weight excluding hydrogens is 341 g/mol. The van der Waals surface area contributed by atoms with Gasteiger partial charge < -0.3 is 9.47 Å². The van der Waals surface area contributed by atoms with E-state index in [1.807, 2.05) is 12.1 Å². The van der Waals surface area contributed by atoms with E-state index in [0.29, 0.717) is 6.10 Å². The lowest BCUT2D eigenvalue weighted by Gasteiger charge is -2.30. The molecule has 0 radical (unpaired) electrons. The lowest BCUT2D eigenvalue weighted by molar-refractivity contribution is 0.0375. The molecule has 0 N–H and O–H groups in total. The number of benzene rings is 1. The summed E-state index contributed by atoms with van der Waals surface area (Å²) in [4.78, 5) is 2.45. The van der Waals surface area contributed by atoms with Gasteiger partial charge in [0.1, 0.15) is 12.4 Å². The van der Waals surface area contributed by atoms with Crippen LogP contribution in [-0.2, 0) is 4.74 Å². The minimum absolute atomic E-state index is 0.456. The van der Waals surface area contributed by atoms with Gasteiger partial charge in [0.25, 0.3) is 0 Å². The minimum Gasteiger partial charge on any atom is -0.492 e. The summed E-state index contributed by atoms with van der Waals surface area (Å²) >= 11 is 2.30. The quantitative estimate of drug-likeness (QED) is 0.753. The Morgan fingerprint density at radius 2 is 2.11 bits per heavy atom. The minimum atomic E-state index is 0.456. The van der Waals surface area contributed by atoms with Gasteiger partial charge in [-0.15, -0.1) is 0 Å². The fourth-order valence-electron chi connectivity index (χ4n) is 2.22. The van der Waals surface area contributed by atoms with Crippen LogP contribution in [-0.4, -0.2) is 44.4 Å². The molecule has 0 amide bonds. The van der Waals surface area contributed by atoms with Crippen molar-refractivity contribution in [2.75, 3.05) is 33.4 Å². The van der Waals surface area contributed by atoms with Gasteiger partial charge in [-0.05, 0) is 53.6 Å². The van der Waals surface area contributed by atoms with Gasteiger partial charge in [-0.3, -0.25) is 4.90 Å². The first-order valence-corrected chi connectivity index (χ1v) is 7.49. The summed E-state index contributed by atoms with van der Waals surface area (Å²) < 4.78 is 12.3. The van der Waals surface area contributed by atoms with Crippen LogP contribution in [0.5, 0.6) is 5.75 Å². The molecule has 3 nitrogen and oxygen atoms in total. The molecule has 100 valence electrons. The molecule has 0 saturated carbocycles. The van der Waals surface area contributed by atoms with E-state index in [0.717, 1.165) is 44.8 Å². The van der Waals surface area contributed by atoms with Gasteiger partial charge in [0.05, 0.1) is 6.10 Å². The summed E-state index contributed by atoms with van der Waals surface area (Å²) in [5.74, 6) is 0.966. The summed E-state index contributed by atoms with van der Waals surface area (Å²) in [5, 5.41) is 0. The zero-order valence-corrected chi connectivity index (χ0v) is 12.9. The van der Waals surface area contributed by atoms with Crippen molar-refractivity contribution in [2.24, 2.45) is 0 Å². The largest absolute Gasteiger partial charge is 0.492 e. The van der Waals surface area contributed by atoms with Gasteiger partial charge >= 0.3 is 0 Å². The maximum absolute atomic E-state index is 5.77. The Hall–Kier alpha value is -0.330. The van der Waals surface area contributed by atoms with Crippen molar-refractivity contribution >= 4 is 22.6 Å². The Balaban J connectivity index is 1.67. The predicted octanol–water partition coefficient (Wildman–Crippen LogP) is 2.78. The van der Waals surface area contributed by atoms with Gasteiger partial charge in [-0.1, -0.05) is 6.07 Å². The number of halogens is 1. The van der Waals surface area contributed by atoms with E-state index in [2.05, 4.69) is 39.6 Å². The molecule has 1 heterocycles. The van der Waals surface area contributed by atoms with Gasteiger partial charge in [0, 0.05) is 30.3 Å². The molecule has 1 aromatic rings. The summed E-state index contributed by atoms with van der Waals surface area (Å²) in [6, 6.07) is 8.18. The summed E-state index contributed by atoms with van der Waals surface area (Å²) in [6.45, 7) is 4.00. The average molecular weight is 361 g/mol. The molecule has 0 atom stereocenters. The molecule has 0 aromatic heterocycles. The van der Waals surface area contributed by atoms with Crippen molar-refractivity contribution in [3.8, 4) is 5.75 Å². The highest BCUT2D eigenvalue weighted by Gasteiger charge is 2.18. The number of likely N-dealkylation sites (tertiary alicyclic amines) is 1. The highest BCUT2D eigenvalue weighted by molar-refractivity contribution is 14.1. The number of rotatable bonds is 5. The van der Waals surface area contributed by atoms with Crippen LogP contribution in [0.2, 0.25) is 0 Å². The van der Waals surface area contributed by atoms with Crippen molar-refractivity contribution in [3.63, 3.8) is 0 Å². The smallest absolute Gasteiger partial charge is 0.120 e. The lowest BCUT2D eigenvalue weighted by atomic mass is 10.1. The Morgan fingerprint density at radius 1 is 1.33 bits per heavy atom. The fraction of sp³-hybridized carbons (Fsp3) is 0.571. The summed E-state index contributed by atoms with van der Waals surface area (Å²) in [6.07, 6.45) is 2.73. The van der Waals surface area contributed by atoms with Crippen LogP contribution < -0.4 is 4.74 Å². The number of ether oxygens (including phenoxy) is 2. The fourth-order valence-corrected chi connectivity index (χ4v) is 2.73. The van der Waals surface area contributed by atoms with E-state index < -0.39 is 0 Å². The van der Waals surface area contributed by atoms with Crippen LogP contribution in [0.1, 0.15) is 12.8 Å². The van der Waals surface area contributed by atoms with Gasteiger partial charge in [0.15, 0.2) is 0 Å². The molecule has 1 saturated heterocycles. The van der Waals surface area contributed by atoms with Crippen LogP contribution in [0.15, 0.2) is 24.3 Å². The van der Waals surface area contributed by atoms with Gasteiger partial charge in [-0.25, -0.2) is 0 Å². The van der Waals surface area contributed by atoms with Gasteiger partial charge in [-0.2, -0.15) is 0 Å². The standard InChI is InChI=1S/C14H20INO2/c1-17-13-5-7-16(8-6-13)9-10-18-14-4-2-3-12(15)11-14/h2-4,11,13H,5-10H2,1H3. The second-order valence-electron chi connectivity index (χ2n) is 4.58. The van der Waals surface area contributed by atoms with Crippen LogP contribution in [0.25, 0.3) is 0 Å². The van der Waals surface area contributed by atoms with Crippen molar-refractivity contribution in [2.45, 2.75) is 18.9 Å². The first-order chi connectivity index (χ1) is 8.78. The molecule has 0 spiro atoms. The van der Waals surface area contributed by atoms with Crippen LogP contribution >= 0.6 is 22.6 Å². The van der Waals surface area contributed by atoms with E-state index in [-0.39, 0.29) is 0 Å². The van der Waals surface area contributed by atoms with Crippen LogP contribution in [0.3, 0.4) is 0 Å². The lowest BCUT2D eigenvalue weighted by Crippen LogP contribution is -2.38. The first kappa shape index (κ1) is 14.1. The predicted molar refractivity (Wildman–Crippen MR) is 81.1 cm³/mol. The Bertz CT molecular complexity index is 365. The number of nitrogens with zero attached hydrogens (tertiary/aromatic N) is 1. The maximum atomic E-state index is 5.77. The van der Waals surface area contributed by atoms with E-state index >= 15 is 0 Å². The third-order valence-electron chi connectivity index (χ3n) is 3.34. The highest BCUT2D eigenvalue weighted by atomic mass is 127. The van der Waals surface area contributed by atoms with E-state index in [4.69, 9.17) is 9.47 Å². The van der Waals surface area contributed by atoms with Crippen LogP contribution in [0, 0.1) is 3.57 Å². The Labute approximate surface area is 123 Å². The third kappa shape index (κ3) is 4.40. The zero-order valence-electron chi connectivity index (χ0n) is 10.8. The van der Waals surface area contributed by atoms with E-state index in [1.165, 1.54) is 3.57 Å².